The summed E-state index contributed by atoms with van der Waals surface area (Å²) in [5.74, 6) is 1.36. The Balaban J connectivity index is 1.25. The van der Waals surface area contributed by atoms with Crippen LogP contribution >= 0.6 is 0 Å². The number of anilines is 4. The SMILES string of the molecule is CCN1CCN(c2ccc(Nc3nccc(-c4ccc(NC(=O)[C@H]5CCCN5)cc4)n3)cc2OC)CC1. The molecule has 0 spiro atoms. The number of methoxy groups -OCH3 is 1. The lowest BCUT2D eigenvalue weighted by Gasteiger charge is -2.36. The maximum atomic E-state index is 12.4. The van der Waals surface area contributed by atoms with Gasteiger partial charge in [-0.15, -0.1) is 0 Å². The summed E-state index contributed by atoms with van der Waals surface area (Å²) in [6.45, 7) is 8.29. The third-order valence-corrected chi connectivity index (χ3v) is 7.08. The van der Waals surface area contributed by atoms with Crippen molar-refractivity contribution < 1.29 is 9.53 Å². The van der Waals surface area contributed by atoms with Gasteiger partial charge in [0.2, 0.25) is 11.9 Å². The Morgan fingerprint density at radius 2 is 1.86 bits per heavy atom. The molecular formula is C28H35N7O2. The minimum atomic E-state index is -0.103. The quantitative estimate of drug-likeness (QED) is 0.430. The predicted octanol–water partition coefficient (Wildman–Crippen LogP) is 3.73. The van der Waals surface area contributed by atoms with Gasteiger partial charge >= 0.3 is 0 Å². The van der Waals surface area contributed by atoms with Crippen LogP contribution in [0.1, 0.15) is 19.8 Å². The van der Waals surface area contributed by atoms with Crippen molar-refractivity contribution in [3.05, 3.63) is 54.7 Å². The molecule has 5 rings (SSSR count). The van der Waals surface area contributed by atoms with Gasteiger partial charge < -0.3 is 30.5 Å². The lowest BCUT2D eigenvalue weighted by Crippen LogP contribution is -2.46. The Hall–Kier alpha value is -3.69. The van der Waals surface area contributed by atoms with Crippen molar-refractivity contribution in [2.75, 3.05) is 61.9 Å². The van der Waals surface area contributed by atoms with Gasteiger partial charge in [-0.25, -0.2) is 9.97 Å². The van der Waals surface area contributed by atoms with Crippen molar-refractivity contribution in [3.63, 3.8) is 0 Å². The largest absolute Gasteiger partial charge is 0.495 e. The molecule has 0 radical (unpaired) electrons. The minimum Gasteiger partial charge on any atom is -0.495 e. The average molecular weight is 502 g/mol. The highest BCUT2D eigenvalue weighted by Crippen LogP contribution is 2.33. The molecule has 0 saturated carbocycles. The van der Waals surface area contributed by atoms with E-state index in [4.69, 9.17) is 9.72 Å². The second-order valence-electron chi connectivity index (χ2n) is 9.41. The van der Waals surface area contributed by atoms with Crippen LogP contribution < -0.4 is 25.6 Å². The molecular weight excluding hydrogens is 466 g/mol. The van der Waals surface area contributed by atoms with E-state index in [1.165, 1.54) is 0 Å². The molecule has 3 heterocycles. The van der Waals surface area contributed by atoms with Crippen LogP contribution in [0.4, 0.5) is 23.0 Å². The number of ether oxygens (including phenoxy) is 1. The van der Waals surface area contributed by atoms with Crippen LogP contribution in [0, 0.1) is 0 Å². The van der Waals surface area contributed by atoms with Crippen LogP contribution in [-0.2, 0) is 4.79 Å². The van der Waals surface area contributed by atoms with E-state index in [-0.39, 0.29) is 11.9 Å². The summed E-state index contributed by atoms with van der Waals surface area (Å²) in [5, 5.41) is 9.52. The summed E-state index contributed by atoms with van der Waals surface area (Å²) in [6.07, 6.45) is 3.66. The Kier molecular flexibility index (Phi) is 7.82. The number of hydrogen-bond acceptors (Lipinski definition) is 8. The molecule has 37 heavy (non-hydrogen) atoms. The molecule has 9 nitrogen and oxygen atoms in total. The van der Waals surface area contributed by atoms with E-state index in [2.05, 4.69) is 43.7 Å². The predicted molar refractivity (Wildman–Crippen MR) is 148 cm³/mol. The molecule has 1 aromatic heterocycles. The summed E-state index contributed by atoms with van der Waals surface area (Å²) in [5.41, 5.74) is 4.49. The first-order valence-corrected chi connectivity index (χ1v) is 13.0. The Bertz CT molecular complexity index is 1200. The van der Waals surface area contributed by atoms with Gasteiger partial charge in [0.25, 0.3) is 0 Å². The number of carbonyl (C=O) groups is 1. The van der Waals surface area contributed by atoms with Gasteiger partial charge in [-0.05, 0) is 56.3 Å². The molecule has 194 valence electrons. The Labute approximate surface area is 218 Å². The van der Waals surface area contributed by atoms with Gasteiger partial charge in [0.05, 0.1) is 24.5 Å². The smallest absolute Gasteiger partial charge is 0.241 e. The third-order valence-electron chi connectivity index (χ3n) is 7.08. The number of nitrogens with one attached hydrogen (secondary N) is 3. The first kappa shape index (κ1) is 25.0. The van der Waals surface area contributed by atoms with Crippen molar-refractivity contribution >= 4 is 28.9 Å². The lowest BCUT2D eigenvalue weighted by molar-refractivity contribution is -0.117. The number of benzene rings is 2. The molecule has 3 N–H and O–H groups in total. The number of piperazine rings is 1. The van der Waals surface area contributed by atoms with Gasteiger partial charge in [0, 0.05) is 55.4 Å². The van der Waals surface area contributed by atoms with Crippen LogP contribution in [0.2, 0.25) is 0 Å². The zero-order valence-electron chi connectivity index (χ0n) is 21.5. The number of carbonyl (C=O) groups excluding carboxylic acids is 1. The Morgan fingerprint density at radius 3 is 2.57 bits per heavy atom. The fourth-order valence-electron chi connectivity index (χ4n) is 4.89. The normalized spacial score (nSPS) is 18.0. The second kappa shape index (κ2) is 11.6. The van der Waals surface area contributed by atoms with Crippen LogP contribution in [0.15, 0.2) is 54.7 Å². The topological polar surface area (TPSA) is 94.7 Å². The highest BCUT2D eigenvalue weighted by Gasteiger charge is 2.22. The molecule has 1 atom stereocenters. The number of aromatic nitrogens is 2. The molecule has 0 bridgehead atoms. The first-order chi connectivity index (χ1) is 18.1. The molecule has 2 aliphatic heterocycles. The van der Waals surface area contributed by atoms with E-state index in [0.717, 1.165) is 86.2 Å². The fourth-order valence-corrected chi connectivity index (χ4v) is 4.89. The van der Waals surface area contributed by atoms with Gasteiger partial charge in [-0.1, -0.05) is 19.1 Å². The molecule has 9 heteroatoms. The van der Waals surface area contributed by atoms with Crippen LogP contribution in [0.5, 0.6) is 5.75 Å². The summed E-state index contributed by atoms with van der Waals surface area (Å²) < 4.78 is 5.72. The van der Waals surface area contributed by atoms with Crippen molar-refractivity contribution in [3.8, 4) is 17.0 Å². The molecule has 2 saturated heterocycles. The number of hydrogen-bond donors (Lipinski definition) is 3. The highest BCUT2D eigenvalue weighted by atomic mass is 16.5. The molecule has 3 aromatic rings. The van der Waals surface area contributed by atoms with Gasteiger partial charge in [-0.2, -0.15) is 0 Å². The third kappa shape index (κ3) is 6.00. The number of nitrogens with zero attached hydrogens (tertiary/aromatic N) is 4. The molecule has 2 aliphatic rings. The second-order valence-corrected chi connectivity index (χ2v) is 9.41. The lowest BCUT2D eigenvalue weighted by atomic mass is 10.1. The van der Waals surface area contributed by atoms with Gasteiger partial charge in [0.1, 0.15) is 5.75 Å². The monoisotopic (exact) mass is 501 g/mol. The zero-order valence-corrected chi connectivity index (χ0v) is 21.5. The van der Waals surface area contributed by atoms with Crippen molar-refractivity contribution in [1.29, 1.82) is 0 Å². The number of rotatable bonds is 8. The first-order valence-electron chi connectivity index (χ1n) is 13.0. The molecule has 0 unspecified atom stereocenters. The number of likely N-dealkylation sites (N-methyl/N-ethyl adjacent to an activating group) is 1. The maximum Gasteiger partial charge on any atom is 0.241 e. The van der Waals surface area contributed by atoms with E-state index in [0.29, 0.717) is 5.95 Å². The minimum absolute atomic E-state index is 0.0171. The van der Waals surface area contributed by atoms with Gasteiger partial charge in [0.15, 0.2) is 0 Å². The molecule has 2 aromatic carbocycles. The van der Waals surface area contributed by atoms with Crippen LogP contribution in [0.25, 0.3) is 11.3 Å². The Morgan fingerprint density at radius 1 is 1.08 bits per heavy atom. The van der Waals surface area contributed by atoms with E-state index < -0.39 is 0 Å². The number of amides is 1. The van der Waals surface area contributed by atoms with Gasteiger partial charge in [-0.3, -0.25) is 4.79 Å². The summed E-state index contributed by atoms with van der Waals surface area (Å²) >= 11 is 0. The van der Waals surface area contributed by atoms with E-state index in [9.17, 15) is 4.79 Å². The van der Waals surface area contributed by atoms with Crippen LogP contribution in [-0.4, -0.2) is 73.2 Å². The molecule has 2 fully saturated rings. The van der Waals surface area contributed by atoms with E-state index >= 15 is 0 Å². The van der Waals surface area contributed by atoms with Crippen molar-refractivity contribution in [1.82, 2.24) is 20.2 Å². The molecule has 0 aliphatic carbocycles. The highest BCUT2D eigenvalue weighted by molar-refractivity contribution is 5.95. The zero-order chi connectivity index (χ0) is 25.6. The fraction of sp³-hybridized carbons (Fsp3) is 0.393. The van der Waals surface area contributed by atoms with Crippen molar-refractivity contribution in [2.24, 2.45) is 0 Å². The summed E-state index contributed by atoms with van der Waals surface area (Å²) in [6, 6.07) is 15.6. The summed E-state index contributed by atoms with van der Waals surface area (Å²) in [4.78, 5) is 26.3. The van der Waals surface area contributed by atoms with Crippen LogP contribution in [0.3, 0.4) is 0 Å². The maximum absolute atomic E-state index is 12.4. The standard InChI is InChI=1S/C28H35N7O2/c1-3-34-15-17-35(18-16-34)25-11-10-22(19-26(25)37-2)32-28-30-14-12-23(33-28)20-6-8-21(9-7-20)31-27(36)24-5-4-13-29-24/h6-12,14,19,24,29H,3-5,13,15-18H2,1-2H3,(H,31,36)(H,30,32,33)/t24-/m1/s1. The van der Waals surface area contributed by atoms with E-state index in [1.54, 1.807) is 13.3 Å². The van der Waals surface area contributed by atoms with E-state index in [1.807, 2.05) is 42.5 Å². The van der Waals surface area contributed by atoms with Crippen molar-refractivity contribution in [2.45, 2.75) is 25.8 Å². The average Bonchev–Trinajstić information content (AvgIpc) is 3.49. The summed E-state index contributed by atoms with van der Waals surface area (Å²) in [7, 11) is 1.71. The molecule has 1 amide bonds.